The smallest absolute Gasteiger partial charge is 0.352 e. The van der Waals surface area contributed by atoms with Gasteiger partial charge in [0.1, 0.15) is 29.9 Å². The molecular formula is C22H22N9O6S2+. The number of aromatic nitrogens is 5. The van der Waals surface area contributed by atoms with Crippen LogP contribution in [0.1, 0.15) is 12.2 Å². The van der Waals surface area contributed by atoms with Gasteiger partial charge in [-0.2, -0.15) is 9.36 Å². The number of hydrogen-bond acceptors (Lipinski definition) is 12. The lowest BCUT2D eigenvalue weighted by molar-refractivity contribution is -0.662. The van der Waals surface area contributed by atoms with Crippen LogP contribution in [0.4, 0.5) is 5.13 Å². The number of carbonyl (C=O) groups excluding carboxylic acids is 2. The fourth-order valence-electron chi connectivity index (χ4n) is 4.53. The lowest BCUT2D eigenvalue weighted by Crippen LogP contribution is -2.71. The van der Waals surface area contributed by atoms with Crippen LogP contribution in [0.3, 0.4) is 0 Å². The summed E-state index contributed by atoms with van der Waals surface area (Å²) in [5, 5.41) is 20.4. The van der Waals surface area contributed by atoms with E-state index >= 15 is 0 Å². The number of ether oxygens (including phenoxy) is 1. The fourth-order valence-corrected chi connectivity index (χ4v) is 6.30. The Morgan fingerprint density at radius 2 is 2.28 bits per heavy atom. The number of anilines is 1. The van der Waals surface area contributed by atoms with Crippen molar-refractivity contribution in [1.29, 1.82) is 0 Å². The second-order valence-electron chi connectivity index (χ2n) is 8.86. The minimum atomic E-state index is -1.22. The first-order valence-electron chi connectivity index (χ1n) is 11.8. The van der Waals surface area contributed by atoms with Gasteiger partial charge in [0.2, 0.25) is 11.5 Å². The number of nitrogens with zero attached hydrogens (tertiary/aromatic N) is 7. The minimum absolute atomic E-state index is 0.0337. The number of amides is 2. The average molecular weight is 573 g/mol. The molecule has 0 saturated carbocycles. The first-order chi connectivity index (χ1) is 18.9. The quantitative estimate of drug-likeness (QED) is 0.130. The van der Waals surface area contributed by atoms with Crippen LogP contribution >= 0.6 is 23.3 Å². The summed E-state index contributed by atoms with van der Waals surface area (Å²) in [6, 6.07) is 2.68. The van der Waals surface area contributed by atoms with Gasteiger partial charge in [0.05, 0.1) is 19.4 Å². The Labute approximate surface area is 228 Å². The molecule has 0 aromatic carbocycles. The van der Waals surface area contributed by atoms with Gasteiger partial charge in [-0.15, -0.1) is 16.3 Å². The fraction of sp³-hybridized carbons (Fsp3) is 0.364. The third kappa shape index (κ3) is 4.68. The predicted molar refractivity (Wildman–Crippen MR) is 136 cm³/mol. The molecule has 4 N–H and O–H groups in total. The summed E-state index contributed by atoms with van der Waals surface area (Å²) in [7, 11) is 0. The van der Waals surface area contributed by atoms with Crippen molar-refractivity contribution in [3.05, 3.63) is 47.8 Å². The van der Waals surface area contributed by atoms with Gasteiger partial charge in [0.15, 0.2) is 17.4 Å². The summed E-state index contributed by atoms with van der Waals surface area (Å²) in [6.07, 6.45) is 5.50. The number of β-lactam (4-membered cyclic amide) rings is 1. The number of imidazole rings is 1. The number of oxime groups is 1. The van der Waals surface area contributed by atoms with E-state index in [1.807, 2.05) is 10.6 Å². The normalized spacial score (nSPS) is 23.1. The zero-order chi connectivity index (χ0) is 27.1. The molecule has 3 aromatic heterocycles. The number of hydrogen-bond donors (Lipinski definition) is 3. The molecule has 202 valence electrons. The maximum Gasteiger partial charge on any atom is 0.352 e. The number of carboxylic acids is 1. The topological polar surface area (TPSA) is 191 Å². The molecule has 3 aromatic rings. The van der Waals surface area contributed by atoms with Crippen LogP contribution in [0.15, 0.2) is 47.1 Å². The Hall–Kier alpha value is -4.09. The van der Waals surface area contributed by atoms with Crippen LogP contribution in [0, 0.1) is 0 Å². The second-order valence-corrected chi connectivity index (χ2v) is 10.7. The highest BCUT2D eigenvalue weighted by molar-refractivity contribution is 8.00. The summed E-state index contributed by atoms with van der Waals surface area (Å²) >= 11 is 2.25. The summed E-state index contributed by atoms with van der Waals surface area (Å²) in [4.78, 5) is 49.4. The highest BCUT2D eigenvalue weighted by Crippen LogP contribution is 2.40. The summed E-state index contributed by atoms with van der Waals surface area (Å²) in [6.45, 7) is 1.12. The van der Waals surface area contributed by atoms with Crippen LogP contribution < -0.4 is 15.6 Å². The van der Waals surface area contributed by atoms with Crippen LogP contribution in [-0.2, 0) is 30.5 Å². The van der Waals surface area contributed by atoms with Crippen molar-refractivity contribution >= 4 is 57.6 Å². The number of fused-ring (bicyclic) bond motifs is 2. The van der Waals surface area contributed by atoms with Gasteiger partial charge in [0.25, 0.3) is 11.8 Å². The first kappa shape index (κ1) is 25.2. The number of nitrogens with one attached hydrogen (secondary N) is 1. The molecule has 1 unspecified atom stereocenters. The van der Waals surface area contributed by atoms with E-state index in [9.17, 15) is 19.5 Å². The van der Waals surface area contributed by atoms with E-state index < -0.39 is 29.2 Å². The molecule has 17 heteroatoms. The van der Waals surface area contributed by atoms with Crippen LogP contribution in [0.2, 0.25) is 0 Å². The third-order valence-electron chi connectivity index (χ3n) is 6.39. The van der Waals surface area contributed by atoms with Gasteiger partial charge in [-0.05, 0) is 6.07 Å². The molecule has 3 atom stereocenters. The number of carboxylic acid groups (broad SMARTS) is 1. The molecule has 3 aliphatic heterocycles. The molecule has 0 aliphatic carbocycles. The zero-order valence-corrected chi connectivity index (χ0v) is 21.8. The van der Waals surface area contributed by atoms with Crippen LogP contribution in [-0.4, -0.2) is 89.0 Å². The van der Waals surface area contributed by atoms with Gasteiger partial charge < -0.3 is 25.7 Å². The number of nitrogens with two attached hydrogens (primary N) is 1. The van der Waals surface area contributed by atoms with Gasteiger partial charge in [0, 0.05) is 35.3 Å². The standard InChI is InChI=1S/C22H21N9O6S2/c23-22-26-17(28-39-22)14(27-37-12-3-7-36-9-12)18(32)25-15-19(33)31-16(21(34)35)11(10-38-20(15)31)8-29-5-6-30-13(29)2-1-4-24-30/h1-2,4-6,12,15,20H,3,7-10H2,(H3-,23,25,26,28,32,34,35)/p+1/b27-14-/t12?,15-,20-/m1/s1. The van der Waals surface area contributed by atoms with E-state index in [0.29, 0.717) is 31.0 Å². The predicted octanol–water partition coefficient (Wildman–Crippen LogP) is -0.996. The number of nitrogen functional groups attached to an aromatic ring is 1. The molecule has 15 nitrogen and oxygen atoms in total. The number of aliphatic carboxylic acids is 1. The van der Waals surface area contributed by atoms with Crippen LogP contribution in [0.25, 0.3) is 5.65 Å². The van der Waals surface area contributed by atoms with Crippen molar-refractivity contribution in [3.8, 4) is 0 Å². The van der Waals surface area contributed by atoms with Crippen molar-refractivity contribution in [2.24, 2.45) is 5.16 Å². The highest BCUT2D eigenvalue weighted by atomic mass is 32.2. The van der Waals surface area contributed by atoms with Gasteiger partial charge in [-0.25, -0.2) is 9.36 Å². The number of carbonyl (C=O) groups is 3. The molecule has 0 bridgehead atoms. The molecule has 0 radical (unpaired) electrons. The molecule has 2 saturated heterocycles. The van der Waals surface area contributed by atoms with E-state index in [4.69, 9.17) is 15.3 Å². The van der Waals surface area contributed by atoms with Gasteiger partial charge in [-0.3, -0.25) is 14.5 Å². The third-order valence-corrected chi connectivity index (χ3v) is 8.27. The molecule has 3 aliphatic rings. The Bertz CT molecular complexity index is 1530. The summed E-state index contributed by atoms with van der Waals surface area (Å²) < 4.78 is 12.8. The Balaban J connectivity index is 1.21. The largest absolute Gasteiger partial charge is 0.477 e. The summed E-state index contributed by atoms with van der Waals surface area (Å²) in [5.41, 5.74) is 6.71. The lowest BCUT2D eigenvalue weighted by atomic mass is 10.0. The second kappa shape index (κ2) is 10.2. The highest BCUT2D eigenvalue weighted by Gasteiger charge is 2.54. The maximum atomic E-state index is 13.2. The first-order valence-corrected chi connectivity index (χ1v) is 13.7. The monoisotopic (exact) mass is 572 g/mol. The van der Waals surface area contributed by atoms with Crippen molar-refractivity contribution in [1.82, 2.24) is 29.2 Å². The molecule has 39 heavy (non-hydrogen) atoms. The Morgan fingerprint density at radius 1 is 1.41 bits per heavy atom. The van der Waals surface area contributed by atoms with Crippen molar-refractivity contribution in [3.63, 3.8) is 0 Å². The maximum absolute atomic E-state index is 13.2. The van der Waals surface area contributed by atoms with Gasteiger partial charge >= 0.3 is 11.6 Å². The van der Waals surface area contributed by atoms with Crippen molar-refractivity contribution in [2.75, 3.05) is 24.7 Å². The molecule has 6 heterocycles. The van der Waals surface area contributed by atoms with Crippen molar-refractivity contribution in [2.45, 2.75) is 30.5 Å². The molecule has 0 spiro atoms. The van der Waals surface area contributed by atoms with Gasteiger partial charge in [-0.1, -0.05) is 10.3 Å². The van der Waals surface area contributed by atoms with E-state index in [1.54, 1.807) is 29.2 Å². The minimum Gasteiger partial charge on any atom is -0.477 e. The number of rotatable bonds is 8. The zero-order valence-electron chi connectivity index (χ0n) is 20.2. The van der Waals surface area contributed by atoms with E-state index in [1.165, 1.54) is 16.7 Å². The number of thioether (sulfide) groups is 1. The Morgan fingerprint density at radius 3 is 3.03 bits per heavy atom. The molecule has 6 rings (SSSR count). The molecule has 2 fully saturated rings. The molecular weight excluding hydrogens is 550 g/mol. The average Bonchev–Trinajstić information content (AvgIpc) is 3.69. The summed E-state index contributed by atoms with van der Waals surface area (Å²) in [5.74, 6) is -2.18. The Kier molecular flexibility index (Phi) is 6.61. The lowest BCUT2D eigenvalue weighted by Gasteiger charge is -2.49. The van der Waals surface area contributed by atoms with E-state index in [0.717, 1.165) is 17.2 Å². The van der Waals surface area contributed by atoms with Crippen LogP contribution in [0.5, 0.6) is 0 Å². The SMILES string of the molecule is Nc1nc(/C(=N/OC2CCOC2)C(=O)N[C@@H]2C(=O)N3C(C(=O)O)=C(C[n+]4ccn5ncccc54)CS[C@H]23)ns1. The van der Waals surface area contributed by atoms with Crippen molar-refractivity contribution < 1.29 is 33.6 Å². The van der Waals surface area contributed by atoms with E-state index in [-0.39, 0.29) is 35.0 Å². The van der Waals surface area contributed by atoms with E-state index in [2.05, 4.69) is 24.9 Å². The molecule has 2 amide bonds.